The Morgan fingerprint density at radius 1 is 1.22 bits per heavy atom. The molecular formula is C19H20N6O2. The monoisotopic (exact) mass is 364 g/mol. The zero-order chi connectivity index (χ0) is 18.5. The van der Waals surface area contributed by atoms with E-state index in [1.54, 1.807) is 23.0 Å². The maximum Gasteiger partial charge on any atom is 0.254 e. The summed E-state index contributed by atoms with van der Waals surface area (Å²) in [5, 5.41) is 11.1. The van der Waals surface area contributed by atoms with Crippen molar-refractivity contribution >= 4 is 5.91 Å². The van der Waals surface area contributed by atoms with Gasteiger partial charge in [-0.3, -0.25) is 9.78 Å². The number of amides is 1. The first-order valence-electron chi connectivity index (χ1n) is 8.94. The average molecular weight is 364 g/mol. The Bertz CT molecular complexity index is 861. The third-order valence-corrected chi connectivity index (χ3v) is 4.54. The number of carbonyl (C=O) groups is 1. The standard InChI is InChI=1S/C19H20N6O2/c26-19(15-6-8-17(9-7-15)25-14-21-22-23-25)24(13-18-5-3-11-27-18)12-16-4-1-2-10-20-16/h1-2,4,6-10,14,18H,3,5,11-13H2/t18-/m1/s1. The minimum atomic E-state index is -0.0422. The smallest absolute Gasteiger partial charge is 0.254 e. The summed E-state index contributed by atoms with van der Waals surface area (Å²) in [7, 11) is 0. The Balaban J connectivity index is 1.53. The zero-order valence-electron chi connectivity index (χ0n) is 14.8. The van der Waals surface area contributed by atoms with Crippen LogP contribution in [0.4, 0.5) is 0 Å². The number of ether oxygens (including phenoxy) is 1. The number of aromatic nitrogens is 5. The van der Waals surface area contributed by atoms with Gasteiger partial charge in [-0.05, 0) is 59.7 Å². The van der Waals surface area contributed by atoms with E-state index in [0.717, 1.165) is 30.8 Å². The summed E-state index contributed by atoms with van der Waals surface area (Å²) in [6.45, 7) is 1.77. The van der Waals surface area contributed by atoms with Gasteiger partial charge in [-0.25, -0.2) is 4.68 Å². The van der Waals surface area contributed by atoms with Gasteiger partial charge >= 0.3 is 0 Å². The summed E-state index contributed by atoms with van der Waals surface area (Å²) in [5.74, 6) is -0.0422. The minimum absolute atomic E-state index is 0.0422. The van der Waals surface area contributed by atoms with Gasteiger partial charge in [0.05, 0.1) is 24.0 Å². The molecule has 8 nitrogen and oxygen atoms in total. The van der Waals surface area contributed by atoms with Crippen molar-refractivity contribution in [2.24, 2.45) is 0 Å². The number of benzene rings is 1. The van der Waals surface area contributed by atoms with Crippen LogP contribution in [0.1, 0.15) is 28.9 Å². The zero-order valence-corrected chi connectivity index (χ0v) is 14.8. The minimum Gasteiger partial charge on any atom is -0.376 e. The normalized spacial score (nSPS) is 16.4. The maximum absolute atomic E-state index is 13.1. The lowest BCUT2D eigenvalue weighted by atomic mass is 10.1. The van der Waals surface area contributed by atoms with Crippen molar-refractivity contribution in [2.75, 3.05) is 13.2 Å². The largest absolute Gasteiger partial charge is 0.376 e. The molecule has 0 spiro atoms. The van der Waals surface area contributed by atoms with Gasteiger partial charge in [-0.2, -0.15) is 0 Å². The average Bonchev–Trinajstić information content (AvgIpc) is 3.42. The van der Waals surface area contributed by atoms with Crippen LogP contribution >= 0.6 is 0 Å². The van der Waals surface area contributed by atoms with Crippen LogP contribution in [0.15, 0.2) is 55.0 Å². The quantitative estimate of drug-likeness (QED) is 0.664. The highest BCUT2D eigenvalue weighted by atomic mass is 16.5. The van der Waals surface area contributed by atoms with Crippen molar-refractivity contribution in [3.8, 4) is 5.69 Å². The Labute approximate surface area is 156 Å². The van der Waals surface area contributed by atoms with Crippen LogP contribution in [-0.4, -0.2) is 55.3 Å². The van der Waals surface area contributed by atoms with Crippen molar-refractivity contribution in [2.45, 2.75) is 25.5 Å². The van der Waals surface area contributed by atoms with Crippen LogP contribution in [0.25, 0.3) is 5.69 Å². The SMILES string of the molecule is O=C(c1ccc(-n2cnnn2)cc1)N(Cc1ccccn1)C[C@H]1CCCO1. The highest BCUT2D eigenvalue weighted by Gasteiger charge is 2.24. The number of nitrogens with zero attached hydrogens (tertiary/aromatic N) is 6. The molecule has 0 bridgehead atoms. The van der Waals surface area contributed by atoms with E-state index < -0.39 is 0 Å². The van der Waals surface area contributed by atoms with Crippen LogP contribution in [0.2, 0.25) is 0 Å². The highest BCUT2D eigenvalue weighted by Crippen LogP contribution is 2.17. The number of pyridine rings is 1. The first-order chi connectivity index (χ1) is 13.3. The van der Waals surface area contributed by atoms with Crippen LogP contribution in [0.5, 0.6) is 0 Å². The Morgan fingerprint density at radius 3 is 2.78 bits per heavy atom. The predicted octanol–water partition coefficient (Wildman–Crippen LogP) is 1.88. The fraction of sp³-hybridized carbons (Fsp3) is 0.316. The van der Waals surface area contributed by atoms with Gasteiger partial charge < -0.3 is 9.64 Å². The van der Waals surface area contributed by atoms with Crippen molar-refractivity contribution in [1.29, 1.82) is 0 Å². The van der Waals surface area contributed by atoms with Gasteiger partial charge in [-0.1, -0.05) is 6.07 Å². The van der Waals surface area contributed by atoms with E-state index in [0.29, 0.717) is 18.7 Å². The Morgan fingerprint density at radius 2 is 2.11 bits per heavy atom. The Kier molecular flexibility index (Phi) is 5.15. The molecule has 3 aromatic rings. The van der Waals surface area contributed by atoms with Crippen LogP contribution in [0, 0.1) is 0 Å². The first-order valence-corrected chi connectivity index (χ1v) is 8.94. The number of carbonyl (C=O) groups excluding carboxylic acids is 1. The van der Waals surface area contributed by atoms with Gasteiger partial charge in [0.15, 0.2) is 0 Å². The lowest BCUT2D eigenvalue weighted by Gasteiger charge is -2.25. The summed E-state index contributed by atoms with van der Waals surface area (Å²) in [6, 6.07) is 13.0. The van der Waals surface area contributed by atoms with Gasteiger partial charge in [0.1, 0.15) is 6.33 Å². The number of rotatable bonds is 6. The molecule has 0 radical (unpaired) electrons. The second-order valence-corrected chi connectivity index (χ2v) is 6.44. The van der Waals surface area contributed by atoms with Crippen molar-refractivity contribution in [3.63, 3.8) is 0 Å². The summed E-state index contributed by atoms with van der Waals surface area (Å²) in [5.41, 5.74) is 2.27. The summed E-state index contributed by atoms with van der Waals surface area (Å²) < 4.78 is 7.28. The molecule has 0 N–H and O–H groups in total. The molecule has 8 heteroatoms. The fourth-order valence-corrected chi connectivity index (χ4v) is 3.16. The molecule has 3 heterocycles. The summed E-state index contributed by atoms with van der Waals surface area (Å²) in [6.07, 6.45) is 5.35. The van der Waals surface area contributed by atoms with Gasteiger partial charge in [0, 0.05) is 24.9 Å². The van der Waals surface area contributed by atoms with Crippen molar-refractivity contribution < 1.29 is 9.53 Å². The molecule has 4 rings (SSSR count). The topological polar surface area (TPSA) is 86.0 Å². The third kappa shape index (κ3) is 4.17. The van der Waals surface area contributed by atoms with Crippen molar-refractivity contribution in [3.05, 3.63) is 66.2 Å². The predicted molar refractivity (Wildman–Crippen MR) is 97.1 cm³/mol. The van der Waals surface area contributed by atoms with E-state index in [4.69, 9.17) is 4.74 Å². The lowest BCUT2D eigenvalue weighted by molar-refractivity contribution is 0.0504. The Hall–Kier alpha value is -3.13. The number of hydrogen-bond donors (Lipinski definition) is 0. The number of hydrogen-bond acceptors (Lipinski definition) is 6. The molecule has 1 aliphatic heterocycles. The second-order valence-electron chi connectivity index (χ2n) is 6.44. The van der Waals surface area contributed by atoms with Crippen molar-refractivity contribution in [1.82, 2.24) is 30.1 Å². The van der Waals surface area contributed by atoms with E-state index in [1.807, 2.05) is 35.2 Å². The second kappa shape index (κ2) is 8.05. The summed E-state index contributed by atoms with van der Waals surface area (Å²) in [4.78, 5) is 19.3. The van der Waals surface area contributed by atoms with E-state index in [2.05, 4.69) is 20.5 Å². The molecule has 1 saturated heterocycles. The lowest BCUT2D eigenvalue weighted by Crippen LogP contribution is -2.37. The molecule has 0 unspecified atom stereocenters. The molecule has 1 atom stereocenters. The van der Waals surface area contributed by atoms with Crippen LogP contribution in [0.3, 0.4) is 0 Å². The van der Waals surface area contributed by atoms with Gasteiger partial charge in [-0.15, -0.1) is 5.10 Å². The fourth-order valence-electron chi connectivity index (χ4n) is 3.16. The molecule has 1 fully saturated rings. The molecule has 138 valence electrons. The van der Waals surface area contributed by atoms with Crippen LogP contribution in [-0.2, 0) is 11.3 Å². The first kappa shape index (κ1) is 17.3. The third-order valence-electron chi connectivity index (χ3n) is 4.54. The van der Waals surface area contributed by atoms with Crippen LogP contribution < -0.4 is 0 Å². The van der Waals surface area contributed by atoms with E-state index >= 15 is 0 Å². The molecule has 1 amide bonds. The molecular weight excluding hydrogens is 344 g/mol. The highest BCUT2D eigenvalue weighted by molar-refractivity contribution is 5.94. The molecule has 0 saturated carbocycles. The number of tetrazole rings is 1. The van der Waals surface area contributed by atoms with E-state index in [-0.39, 0.29) is 12.0 Å². The van der Waals surface area contributed by atoms with Gasteiger partial charge in [0.2, 0.25) is 0 Å². The van der Waals surface area contributed by atoms with E-state index in [1.165, 1.54) is 6.33 Å². The molecule has 2 aromatic heterocycles. The molecule has 27 heavy (non-hydrogen) atoms. The molecule has 1 aromatic carbocycles. The molecule has 0 aliphatic carbocycles. The maximum atomic E-state index is 13.1. The molecule has 1 aliphatic rings. The van der Waals surface area contributed by atoms with E-state index in [9.17, 15) is 4.79 Å². The summed E-state index contributed by atoms with van der Waals surface area (Å²) >= 11 is 0. The van der Waals surface area contributed by atoms with Gasteiger partial charge in [0.25, 0.3) is 5.91 Å².